The monoisotopic (exact) mass is 812 g/mol. The number of allylic oxidation sites excluding steroid dienone is 16. The largest absolute Gasteiger partial charge is 0.515 e. The lowest BCUT2D eigenvalue weighted by Gasteiger charge is -2.17. The molecule has 8 bridgehead atoms. The fourth-order valence-electron chi connectivity index (χ4n) is 9.37. The van der Waals surface area contributed by atoms with Crippen LogP contribution in [-0.2, 0) is 14.3 Å². The number of aliphatic imine (C=N–C) groups is 3. The van der Waals surface area contributed by atoms with Crippen LogP contribution in [-0.4, -0.2) is 51.8 Å². The Hall–Kier alpha value is -5.15. The van der Waals surface area contributed by atoms with E-state index in [0.29, 0.717) is 64.5 Å². The number of ketones is 1. The molecule has 0 aromatic carbocycles. The van der Waals surface area contributed by atoms with Crippen LogP contribution in [0.5, 0.6) is 0 Å². The van der Waals surface area contributed by atoms with Crippen molar-refractivity contribution in [3.63, 3.8) is 0 Å². The Labute approximate surface area is 357 Å². The van der Waals surface area contributed by atoms with Crippen LogP contribution in [0.1, 0.15) is 133 Å². The van der Waals surface area contributed by atoms with E-state index in [-0.39, 0.29) is 43.0 Å². The number of fused-ring (bicyclic) bond motifs is 5. The summed E-state index contributed by atoms with van der Waals surface area (Å²) >= 11 is 0. The predicted molar refractivity (Wildman–Crippen MR) is 244 cm³/mol. The van der Waals surface area contributed by atoms with Gasteiger partial charge in [0.1, 0.15) is 6.61 Å². The van der Waals surface area contributed by atoms with E-state index in [1.807, 2.05) is 39.0 Å². The maximum atomic E-state index is 14.0. The fourth-order valence-corrected chi connectivity index (χ4v) is 9.37. The van der Waals surface area contributed by atoms with Crippen LogP contribution >= 0.6 is 0 Å². The molecule has 9 heteroatoms. The summed E-state index contributed by atoms with van der Waals surface area (Å²) in [6, 6.07) is 0. The number of carbonyl (C=O) groups excluding carboxylic acids is 2. The highest BCUT2D eigenvalue weighted by molar-refractivity contribution is 6.38. The molecule has 2 fully saturated rings. The molecule has 0 amide bonds. The SMILES string of the molecule is CCCC1=C2C=C3N=C4C(=C5NC(=C(C)C6=NC(=CC(=N2)C1=CO)C([C@@H](C)O)=C6C)[C@@H](C)[C@@H]5CCC(=O)OCC=C(C)CCC=C(C)CCC=C(C)C)CC(=O)C4=C3CC. The van der Waals surface area contributed by atoms with Gasteiger partial charge in [0, 0.05) is 58.4 Å². The average Bonchev–Trinajstić information content (AvgIpc) is 3.97. The first-order valence-corrected chi connectivity index (χ1v) is 21.9. The van der Waals surface area contributed by atoms with Crippen LogP contribution in [0.3, 0.4) is 0 Å². The second kappa shape index (κ2) is 19.1. The van der Waals surface area contributed by atoms with Gasteiger partial charge in [0.15, 0.2) is 5.78 Å². The van der Waals surface area contributed by atoms with Gasteiger partial charge in [-0.3, -0.25) is 9.59 Å². The number of aliphatic hydroxyl groups is 2. The third-order valence-electron chi connectivity index (χ3n) is 12.6. The normalized spacial score (nSPS) is 22.8. The number of hydrogen-bond donors (Lipinski definition) is 3. The molecule has 0 aromatic rings. The van der Waals surface area contributed by atoms with Gasteiger partial charge < -0.3 is 20.3 Å². The van der Waals surface area contributed by atoms with E-state index < -0.39 is 6.10 Å². The number of esters is 1. The van der Waals surface area contributed by atoms with Crippen molar-refractivity contribution in [2.24, 2.45) is 26.8 Å². The van der Waals surface area contributed by atoms with Crippen LogP contribution in [0.15, 0.2) is 141 Å². The summed E-state index contributed by atoms with van der Waals surface area (Å²) in [5.41, 5.74) is 16.3. The molecule has 9 nitrogen and oxygen atoms in total. The van der Waals surface area contributed by atoms with Crippen molar-refractivity contribution in [1.82, 2.24) is 5.32 Å². The molecule has 3 atom stereocenters. The van der Waals surface area contributed by atoms with Crippen LogP contribution < -0.4 is 5.32 Å². The summed E-state index contributed by atoms with van der Waals surface area (Å²) in [6.07, 6.45) is 17.8. The van der Waals surface area contributed by atoms with Crippen molar-refractivity contribution in [2.45, 2.75) is 140 Å². The van der Waals surface area contributed by atoms with Crippen molar-refractivity contribution in [3.8, 4) is 0 Å². The van der Waals surface area contributed by atoms with Crippen LogP contribution in [0, 0.1) is 11.8 Å². The van der Waals surface area contributed by atoms with Gasteiger partial charge >= 0.3 is 5.97 Å². The first-order valence-electron chi connectivity index (χ1n) is 21.9. The van der Waals surface area contributed by atoms with E-state index >= 15 is 0 Å². The molecule has 1 saturated heterocycles. The van der Waals surface area contributed by atoms with E-state index in [1.54, 1.807) is 6.92 Å². The summed E-state index contributed by atoms with van der Waals surface area (Å²) in [7, 11) is 0. The van der Waals surface area contributed by atoms with Gasteiger partial charge in [-0.1, -0.05) is 56.1 Å². The number of Topliss-reactive ketones (excluding diaryl/α,β-unsaturated/α-hetero) is 1. The third kappa shape index (κ3) is 9.12. The Morgan fingerprint density at radius 1 is 0.917 bits per heavy atom. The fraction of sp³-hybridized carbons (Fsp3) is 0.471. The second-order valence-corrected chi connectivity index (χ2v) is 17.3. The molecule has 318 valence electrons. The van der Waals surface area contributed by atoms with Crippen molar-refractivity contribution in [3.05, 3.63) is 126 Å². The zero-order valence-corrected chi connectivity index (χ0v) is 37.4. The third-order valence-corrected chi connectivity index (χ3v) is 12.6. The van der Waals surface area contributed by atoms with E-state index in [4.69, 9.17) is 19.7 Å². The van der Waals surface area contributed by atoms with Gasteiger partial charge in [0.25, 0.3) is 0 Å². The summed E-state index contributed by atoms with van der Waals surface area (Å²) in [4.78, 5) is 42.7. The van der Waals surface area contributed by atoms with E-state index in [2.05, 4.69) is 59.0 Å². The molecule has 6 aliphatic rings. The minimum atomic E-state index is -0.801. The summed E-state index contributed by atoms with van der Waals surface area (Å²) < 4.78 is 5.76. The highest BCUT2D eigenvalue weighted by Crippen LogP contribution is 2.47. The predicted octanol–water partition coefficient (Wildman–Crippen LogP) is 11.1. The zero-order chi connectivity index (χ0) is 43.4. The molecule has 0 unspecified atom stereocenters. The van der Waals surface area contributed by atoms with E-state index in [9.17, 15) is 19.8 Å². The maximum absolute atomic E-state index is 14.0. The molecule has 6 rings (SSSR count). The van der Waals surface area contributed by atoms with Gasteiger partial charge in [-0.05, 0) is 134 Å². The number of hydrogen-bond acceptors (Lipinski definition) is 9. The van der Waals surface area contributed by atoms with Gasteiger partial charge in [-0.25, -0.2) is 15.0 Å². The maximum Gasteiger partial charge on any atom is 0.306 e. The van der Waals surface area contributed by atoms with Crippen LogP contribution in [0.2, 0.25) is 0 Å². The zero-order valence-electron chi connectivity index (χ0n) is 37.4. The van der Waals surface area contributed by atoms with E-state index in [0.717, 1.165) is 83.3 Å². The number of rotatable bonds is 15. The first-order chi connectivity index (χ1) is 28.7. The Morgan fingerprint density at radius 3 is 2.28 bits per heavy atom. The molecule has 1 aliphatic carbocycles. The quantitative estimate of drug-likeness (QED) is 0.0857. The summed E-state index contributed by atoms with van der Waals surface area (Å²) in [5.74, 6) is -0.372. The van der Waals surface area contributed by atoms with Gasteiger partial charge in [-0.15, -0.1) is 0 Å². The highest BCUT2D eigenvalue weighted by Gasteiger charge is 2.44. The van der Waals surface area contributed by atoms with Crippen molar-refractivity contribution in [2.75, 3.05) is 6.61 Å². The molecular weight excluding hydrogens is 749 g/mol. The Bertz CT molecular complexity index is 2300. The molecule has 5 heterocycles. The Balaban J connectivity index is 1.34. The Morgan fingerprint density at radius 2 is 1.62 bits per heavy atom. The highest BCUT2D eigenvalue weighted by atomic mass is 16.5. The molecule has 0 radical (unpaired) electrons. The minimum Gasteiger partial charge on any atom is -0.515 e. The van der Waals surface area contributed by atoms with Crippen LogP contribution in [0.4, 0.5) is 0 Å². The average molecular weight is 813 g/mol. The summed E-state index contributed by atoms with van der Waals surface area (Å²) in [5, 5.41) is 25.5. The van der Waals surface area contributed by atoms with Gasteiger partial charge in [-0.2, -0.15) is 0 Å². The number of aliphatic hydroxyl groups excluding tert-OH is 2. The number of ether oxygens (including phenoxy) is 1. The summed E-state index contributed by atoms with van der Waals surface area (Å²) in [6.45, 7) is 20.8. The molecule has 0 aromatic heterocycles. The topological polar surface area (TPSA) is 133 Å². The standard InChI is InChI=1S/C51H64N4O5/c1-11-15-37-39(27-56)42-26-43-46(34(10)57)32(8)49(54-43)33(9)48-31(7)36(20-21-45(59)60-23-22-30(6)19-14-18-29(5)17-13-16-28(3)4)50(55-48)38-24-44(58)47-35(12-2)40(53-51(38)47)25-41(37)52-42/h16,18,22,25-27,31,34,36,55-57H,11-15,17,19-21,23-24H2,1-10H3/t31-,34+,36-/m0/s1. The van der Waals surface area contributed by atoms with Crippen molar-refractivity contribution >= 4 is 28.9 Å². The lowest BCUT2D eigenvalue weighted by molar-refractivity contribution is -0.142. The molecule has 5 aliphatic heterocycles. The van der Waals surface area contributed by atoms with Gasteiger partial charge in [0.2, 0.25) is 0 Å². The molecule has 0 spiro atoms. The van der Waals surface area contributed by atoms with Crippen molar-refractivity contribution < 1.29 is 24.5 Å². The van der Waals surface area contributed by atoms with Crippen LogP contribution in [0.25, 0.3) is 0 Å². The number of carbonyl (C=O) groups is 2. The lowest BCUT2D eigenvalue weighted by Crippen LogP contribution is -2.16. The molecule has 3 N–H and O–H groups in total. The molecule has 60 heavy (non-hydrogen) atoms. The Kier molecular flexibility index (Phi) is 14.1. The van der Waals surface area contributed by atoms with E-state index in [1.165, 1.54) is 16.7 Å². The minimum absolute atomic E-state index is 0.0401. The van der Waals surface area contributed by atoms with Crippen molar-refractivity contribution in [1.29, 1.82) is 0 Å². The lowest BCUT2D eigenvalue weighted by atomic mass is 9.85. The number of nitrogens with zero attached hydrogens (tertiary/aromatic N) is 3. The smallest absolute Gasteiger partial charge is 0.306 e. The first kappa shape index (κ1) is 44.4. The second-order valence-electron chi connectivity index (χ2n) is 17.3. The number of nitrogens with one attached hydrogen (secondary N) is 1. The molecular formula is C51H64N4O5. The molecule has 1 saturated carbocycles. The van der Waals surface area contributed by atoms with Gasteiger partial charge in [0.05, 0.1) is 46.6 Å².